The van der Waals surface area contributed by atoms with Gasteiger partial charge in [0, 0.05) is 52.6 Å². The fourth-order valence-electron chi connectivity index (χ4n) is 2.28. The quantitative estimate of drug-likeness (QED) is 0.490. The summed E-state index contributed by atoms with van der Waals surface area (Å²) in [5.74, 6) is 0. The second-order valence-electron chi connectivity index (χ2n) is 5.14. The third-order valence-corrected chi connectivity index (χ3v) is 3.38. The van der Waals surface area contributed by atoms with Crippen molar-refractivity contribution in [3.05, 3.63) is 0 Å². The molecule has 0 aromatic carbocycles. The van der Waals surface area contributed by atoms with Crippen LogP contribution in [0.25, 0.3) is 0 Å². The van der Waals surface area contributed by atoms with Gasteiger partial charge in [0.1, 0.15) is 0 Å². The monoisotopic (exact) mass is 290 g/mol. The van der Waals surface area contributed by atoms with Gasteiger partial charge in [-0.15, -0.1) is 0 Å². The molecule has 5 heteroatoms. The van der Waals surface area contributed by atoms with E-state index in [0.29, 0.717) is 12.1 Å². The number of ether oxygens (including phenoxy) is 3. The largest absolute Gasteiger partial charge is 0.383 e. The van der Waals surface area contributed by atoms with Gasteiger partial charge in [0.15, 0.2) is 0 Å². The maximum atomic E-state index is 5.33. The van der Waals surface area contributed by atoms with E-state index in [1.807, 2.05) is 6.92 Å². The van der Waals surface area contributed by atoms with Crippen molar-refractivity contribution in [2.24, 2.45) is 0 Å². The number of hydrogen-bond acceptors (Lipinski definition) is 5. The van der Waals surface area contributed by atoms with Crippen molar-refractivity contribution in [2.75, 3.05) is 60.3 Å². The first-order valence-electron chi connectivity index (χ1n) is 7.69. The van der Waals surface area contributed by atoms with Gasteiger partial charge < -0.3 is 19.5 Å². The highest BCUT2D eigenvalue weighted by molar-refractivity contribution is 4.75. The van der Waals surface area contributed by atoms with Gasteiger partial charge in [-0.2, -0.15) is 0 Å². The van der Waals surface area contributed by atoms with Gasteiger partial charge in [-0.05, 0) is 33.7 Å². The van der Waals surface area contributed by atoms with Gasteiger partial charge in [-0.3, -0.25) is 4.90 Å². The summed E-state index contributed by atoms with van der Waals surface area (Å²) in [4.78, 5) is 2.43. The molecule has 0 aromatic rings. The summed E-state index contributed by atoms with van der Waals surface area (Å²) in [5.41, 5.74) is 0. The third kappa shape index (κ3) is 9.66. The molecule has 1 N–H and O–H groups in total. The van der Waals surface area contributed by atoms with E-state index in [0.717, 1.165) is 52.5 Å². The molecular weight excluding hydrogens is 256 g/mol. The van der Waals surface area contributed by atoms with Crippen LogP contribution in [0.5, 0.6) is 0 Å². The van der Waals surface area contributed by atoms with Crippen LogP contribution in [-0.2, 0) is 14.2 Å². The smallest absolute Gasteiger partial charge is 0.0615 e. The first-order chi connectivity index (χ1) is 9.67. The van der Waals surface area contributed by atoms with E-state index in [1.165, 1.54) is 0 Å². The Morgan fingerprint density at radius 2 is 1.80 bits per heavy atom. The van der Waals surface area contributed by atoms with Crippen molar-refractivity contribution in [3.63, 3.8) is 0 Å². The number of methoxy groups -OCH3 is 2. The predicted molar refractivity (Wildman–Crippen MR) is 83.4 cm³/mol. The average Bonchev–Trinajstić information content (AvgIpc) is 2.43. The highest BCUT2D eigenvalue weighted by atomic mass is 16.5. The minimum absolute atomic E-state index is 0.398. The lowest BCUT2D eigenvalue weighted by Gasteiger charge is -2.34. The fourth-order valence-corrected chi connectivity index (χ4v) is 2.28. The molecule has 2 atom stereocenters. The molecule has 2 unspecified atom stereocenters. The minimum Gasteiger partial charge on any atom is -0.383 e. The van der Waals surface area contributed by atoms with Crippen LogP contribution in [0.2, 0.25) is 0 Å². The summed E-state index contributed by atoms with van der Waals surface area (Å²) in [6.45, 7) is 12.5. The summed E-state index contributed by atoms with van der Waals surface area (Å²) in [6.07, 6.45) is 1.06. The zero-order valence-electron chi connectivity index (χ0n) is 14.0. The number of nitrogens with zero attached hydrogens (tertiary/aromatic N) is 1. The molecule has 0 aliphatic rings. The number of hydrogen-bond donors (Lipinski definition) is 1. The first kappa shape index (κ1) is 19.8. The molecule has 0 saturated carbocycles. The molecule has 0 amide bonds. The molecule has 0 heterocycles. The third-order valence-electron chi connectivity index (χ3n) is 3.38. The zero-order chi connectivity index (χ0) is 15.2. The van der Waals surface area contributed by atoms with Gasteiger partial charge in [0.2, 0.25) is 0 Å². The second-order valence-corrected chi connectivity index (χ2v) is 5.14. The lowest BCUT2D eigenvalue weighted by molar-refractivity contribution is 0.0515. The van der Waals surface area contributed by atoms with Crippen molar-refractivity contribution >= 4 is 0 Å². The van der Waals surface area contributed by atoms with Crippen LogP contribution in [0.15, 0.2) is 0 Å². The Morgan fingerprint density at radius 3 is 2.40 bits per heavy atom. The molecule has 0 rings (SSSR count). The van der Waals surface area contributed by atoms with Crippen LogP contribution in [0.4, 0.5) is 0 Å². The lowest BCUT2D eigenvalue weighted by atomic mass is 10.2. The predicted octanol–water partition coefficient (Wildman–Crippen LogP) is 1.37. The van der Waals surface area contributed by atoms with Crippen molar-refractivity contribution in [1.82, 2.24) is 10.2 Å². The minimum atomic E-state index is 0.398. The summed E-state index contributed by atoms with van der Waals surface area (Å²) in [7, 11) is 3.50. The molecule has 0 aromatic heterocycles. The Morgan fingerprint density at radius 1 is 1.05 bits per heavy atom. The Balaban J connectivity index is 3.96. The Labute approximate surface area is 124 Å². The van der Waals surface area contributed by atoms with Gasteiger partial charge in [0.25, 0.3) is 0 Å². The molecule has 0 spiro atoms. The topological polar surface area (TPSA) is 43.0 Å². The molecule has 20 heavy (non-hydrogen) atoms. The molecule has 0 fully saturated rings. The van der Waals surface area contributed by atoms with Crippen molar-refractivity contribution in [3.8, 4) is 0 Å². The molecule has 0 radical (unpaired) electrons. The molecular formula is C15H34N2O3. The molecule has 0 aliphatic carbocycles. The Kier molecular flexibility index (Phi) is 13.6. The summed E-state index contributed by atoms with van der Waals surface area (Å²) >= 11 is 0. The Bertz CT molecular complexity index is 206. The van der Waals surface area contributed by atoms with Gasteiger partial charge >= 0.3 is 0 Å². The molecule has 0 bridgehead atoms. The normalized spacial score (nSPS) is 14.7. The van der Waals surface area contributed by atoms with Gasteiger partial charge in [-0.1, -0.05) is 0 Å². The van der Waals surface area contributed by atoms with E-state index in [1.54, 1.807) is 14.2 Å². The molecule has 0 aliphatic heterocycles. The van der Waals surface area contributed by atoms with E-state index in [2.05, 4.69) is 24.1 Å². The molecule has 0 saturated heterocycles. The van der Waals surface area contributed by atoms with E-state index >= 15 is 0 Å². The lowest BCUT2D eigenvalue weighted by Crippen LogP contribution is -2.48. The highest BCUT2D eigenvalue weighted by Crippen LogP contribution is 2.05. The van der Waals surface area contributed by atoms with Gasteiger partial charge in [-0.25, -0.2) is 0 Å². The van der Waals surface area contributed by atoms with Crippen LogP contribution >= 0.6 is 0 Å². The fraction of sp³-hybridized carbons (Fsp3) is 1.00. The summed E-state index contributed by atoms with van der Waals surface area (Å²) < 4.78 is 15.8. The number of rotatable bonds is 14. The van der Waals surface area contributed by atoms with Crippen LogP contribution < -0.4 is 5.32 Å². The van der Waals surface area contributed by atoms with Crippen LogP contribution in [-0.4, -0.2) is 77.3 Å². The van der Waals surface area contributed by atoms with Crippen LogP contribution in [0.3, 0.4) is 0 Å². The zero-order valence-corrected chi connectivity index (χ0v) is 14.0. The summed E-state index contributed by atoms with van der Waals surface area (Å²) in [5, 5.41) is 3.49. The molecule has 122 valence electrons. The molecule has 5 nitrogen and oxygen atoms in total. The van der Waals surface area contributed by atoms with E-state index in [4.69, 9.17) is 14.2 Å². The van der Waals surface area contributed by atoms with Gasteiger partial charge in [0.05, 0.1) is 13.2 Å². The van der Waals surface area contributed by atoms with Crippen LogP contribution in [0, 0.1) is 0 Å². The summed E-state index contributed by atoms with van der Waals surface area (Å²) in [6, 6.07) is 0.859. The van der Waals surface area contributed by atoms with Crippen molar-refractivity contribution < 1.29 is 14.2 Å². The van der Waals surface area contributed by atoms with E-state index in [-0.39, 0.29) is 0 Å². The SMILES string of the molecule is CCOCCCNCC(C)N(CCOC)C(C)COC. The first-order valence-corrected chi connectivity index (χ1v) is 7.69. The van der Waals surface area contributed by atoms with Crippen LogP contribution in [0.1, 0.15) is 27.2 Å². The maximum Gasteiger partial charge on any atom is 0.0615 e. The highest BCUT2D eigenvalue weighted by Gasteiger charge is 2.19. The average molecular weight is 290 g/mol. The Hall–Kier alpha value is -0.200. The van der Waals surface area contributed by atoms with E-state index < -0.39 is 0 Å². The maximum absolute atomic E-state index is 5.33. The van der Waals surface area contributed by atoms with Crippen molar-refractivity contribution in [1.29, 1.82) is 0 Å². The van der Waals surface area contributed by atoms with E-state index in [9.17, 15) is 0 Å². The van der Waals surface area contributed by atoms with Crippen molar-refractivity contribution in [2.45, 2.75) is 39.3 Å². The standard InChI is InChI=1S/C15H34N2O3/c1-6-20-10-7-8-16-12-14(2)17(9-11-18-4)15(3)13-19-5/h14-16H,6-13H2,1-5H3. The number of nitrogens with one attached hydrogen (secondary N) is 1. The second kappa shape index (κ2) is 13.8.